The number of aromatic nitrogens is 1. The molecule has 4 nitrogen and oxygen atoms in total. The molecule has 4 rings (SSSR count). The normalized spacial score (nSPS) is 18.9. The standard InChI is InChI=1S/C19H19FN2O2S/c1-13-8-9-22(12-13)25(23,24)16-5-2-14(3-6-16)18-11-21-19-10-15(20)4-7-17(18)19/h2-7,10-11,13,21H,8-9,12H2,1H3. The van der Waals surface area contributed by atoms with Gasteiger partial charge < -0.3 is 4.98 Å². The zero-order valence-electron chi connectivity index (χ0n) is 13.9. The summed E-state index contributed by atoms with van der Waals surface area (Å²) in [5, 5.41) is 0.908. The quantitative estimate of drug-likeness (QED) is 0.769. The van der Waals surface area contributed by atoms with E-state index in [1.807, 2.05) is 6.20 Å². The molecule has 1 saturated heterocycles. The molecule has 0 spiro atoms. The van der Waals surface area contributed by atoms with Gasteiger partial charge in [0.15, 0.2) is 0 Å². The number of nitrogens with one attached hydrogen (secondary N) is 1. The summed E-state index contributed by atoms with van der Waals surface area (Å²) >= 11 is 0. The van der Waals surface area contributed by atoms with E-state index in [2.05, 4.69) is 11.9 Å². The maximum absolute atomic E-state index is 13.3. The summed E-state index contributed by atoms with van der Waals surface area (Å²) in [6.45, 7) is 3.23. The van der Waals surface area contributed by atoms with Crippen LogP contribution in [0.25, 0.3) is 22.0 Å². The van der Waals surface area contributed by atoms with Crippen molar-refractivity contribution < 1.29 is 12.8 Å². The molecule has 2 heterocycles. The van der Waals surface area contributed by atoms with E-state index in [9.17, 15) is 12.8 Å². The third-order valence-electron chi connectivity index (χ3n) is 4.83. The Hall–Kier alpha value is -2.18. The lowest BCUT2D eigenvalue weighted by atomic mass is 10.1. The molecule has 2 aromatic carbocycles. The summed E-state index contributed by atoms with van der Waals surface area (Å²) in [7, 11) is -3.43. The number of rotatable bonds is 3. The van der Waals surface area contributed by atoms with Crippen molar-refractivity contribution in [3.05, 3.63) is 54.5 Å². The van der Waals surface area contributed by atoms with Gasteiger partial charge >= 0.3 is 0 Å². The smallest absolute Gasteiger partial charge is 0.243 e. The lowest BCUT2D eigenvalue weighted by Gasteiger charge is -2.16. The first-order chi connectivity index (χ1) is 11.9. The second-order valence-corrected chi connectivity index (χ2v) is 8.61. The maximum atomic E-state index is 13.3. The van der Waals surface area contributed by atoms with E-state index >= 15 is 0 Å². The fraction of sp³-hybridized carbons (Fsp3) is 0.263. The first-order valence-corrected chi connectivity index (χ1v) is 9.76. The summed E-state index contributed by atoms with van der Waals surface area (Å²) in [5.74, 6) is 0.114. The van der Waals surface area contributed by atoms with E-state index in [4.69, 9.17) is 0 Å². The van der Waals surface area contributed by atoms with Crippen LogP contribution >= 0.6 is 0 Å². The van der Waals surface area contributed by atoms with E-state index in [0.29, 0.717) is 23.9 Å². The van der Waals surface area contributed by atoms with Crippen LogP contribution in [0, 0.1) is 11.7 Å². The van der Waals surface area contributed by atoms with E-state index in [-0.39, 0.29) is 5.82 Å². The van der Waals surface area contributed by atoms with Crippen molar-refractivity contribution in [2.24, 2.45) is 5.92 Å². The Labute approximate surface area is 146 Å². The van der Waals surface area contributed by atoms with Gasteiger partial charge in [0.2, 0.25) is 10.0 Å². The van der Waals surface area contributed by atoms with Crippen molar-refractivity contribution in [2.75, 3.05) is 13.1 Å². The van der Waals surface area contributed by atoms with Crippen LogP contribution in [-0.4, -0.2) is 30.8 Å². The minimum absolute atomic E-state index is 0.290. The molecule has 0 radical (unpaired) electrons. The third-order valence-corrected chi connectivity index (χ3v) is 6.71. The molecular weight excluding hydrogens is 339 g/mol. The average Bonchev–Trinajstić information content (AvgIpc) is 3.21. The SMILES string of the molecule is CC1CCN(S(=O)(=O)c2ccc(-c3c[nH]c4cc(F)ccc34)cc2)C1. The number of hydrogen-bond donors (Lipinski definition) is 1. The number of aromatic amines is 1. The fourth-order valence-corrected chi connectivity index (χ4v) is 4.98. The molecule has 1 aliphatic heterocycles. The van der Waals surface area contributed by atoms with Crippen molar-refractivity contribution >= 4 is 20.9 Å². The minimum atomic E-state index is -3.43. The van der Waals surface area contributed by atoms with Crippen molar-refractivity contribution in [1.29, 1.82) is 0 Å². The summed E-state index contributed by atoms with van der Waals surface area (Å²) < 4.78 is 40.3. The van der Waals surface area contributed by atoms with E-state index in [0.717, 1.165) is 28.5 Å². The number of fused-ring (bicyclic) bond motifs is 1. The van der Waals surface area contributed by atoms with E-state index in [1.54, 1.807) is 34.6 Å². The highest BCUT2D eigenvalue weighted by atomic mass is 32.2. The van der Waals surface area contributed by atoms with Gasteiger partial charge in [-0.15, -0.1) is 0 Å². The summed E-state index contributed by atoms with van der Waals surface area (Å²) in [4.78, 5) is 3.37. The first-order valence-electron chi connectivity index (χ1n) is 8.32. The van der Waals surface area contributed by atoms with E-state index < -0.39 is 10.0 Å². The Morgan fingerprint density at radius 2 is 1.92 bits per heavy atom. The lowest BCUT2D eigenvalue weighted by molar-refractivity contribution is 0.464. The van der Waals surface area contributed by atoms with Crippen LogP contribution in [0.5, 0.6) is 0 Å². The van der Waals surface area contributed by atoms with Gasteiger partial charge in [0, 0.05) is 35.8 Å². The van der Waals surface area contributed by atoms with Gasteiger partial charge in [-0.1, -0.05) is 19.1 Å². The molecular formula is C19H19FN2O2S. The van der Waals surface area contributed by atoms with Crippen molar-refractivity contribution in [1.82, 2.24) is 9.29 Å². The second kappa shape index (κ2) is 5.97. The maximum Gasteiger partial charge on any atom is 0.243 e. The van der Waals surface area contributed by atoms with Crippen LogP contribution in [0.2, 0.25) is 0 Å². The highest BCUT2D eigenvalue weighted by Crippen LogP contribution is 2.31. The van der Waals surface area contributed by atoms with Crippen molar-refractivity contribution in [3.63, 3.8) is 0 Å². The molecule has 1 atom stereocenters. The average molecular weight is 358 g/mol. The molecule has 1 aromatic heterocycles. The molecule has 0 aliphatic carbocycles. The molecule has 0 saturated carbocycles. The fourth-order valence-electron chi connectivity index (χ4n) is 3.41. The first kappa shape index (κ1) is 16.3. The summed E-state index contributed by atoms with van der Waals surface area (Å²) in [6, 6.07) is 11.5. The zero-order chi connectivity index (χ0) is 17.6. The largest absolute Gasteiger partial charge is 0.360 e. The van der Waals surface area contributed by atoms with Gasteiger partial charge in [0.25, 0.3) is 0 Å². The Morgan fingerprint density at radius 1 is 1.16 bits per heavy atom. The minimum Gasteiger partial charge on any atom is -0.360 e. The van der Waals surface area contributed by atoms with Crippen LogP contribution < -0.4 is 0 Å². The van der Waals surface area contributed by atoms with Crippen LogP contribution in [0.15, 0.2) is 53.6 Å². The molecule has 1 unspecified atom stereocenters. The van der Waals surface area contributed by atoms with Crippen LogP contribution in [-0.2, 0) is 10.0 Å². The van der Waals surface area contributed by atoms with Gasteiger partial charge in [-0.2, -0.15) is 4.31 Å². The Kier molecular flexibility index (Phi) is 3.89. The Bertz CT molecular complexity index is 1030. The van der Waals surface area contributed by atoms with Crippen LogP contribution in [0.3, 0.4) is 0 Å². The predicted octanol–water partition coefficient (Wildman–Crippen LogP) is 4.00. The highest BCUT2D eigenvalue weighted by molar-refractivity contribution is 7.89. The number of halogens is 1. The van der Waals surface area contributed by atoms with Crippen LogP contribution in [0.4, 0.5) is 4.39 Å². The van der Waals surface area contributed by atoms with Gasteiger partial charge in [-0.3, -0.25) is 0 Å². The number of benzene rings is 2. The second-order valence-electron chi connectivity index (χ2n) is 6.67. The summed E-state index contributed by atoms with van der Waals surface area (Å²) in [6.07, 6.45) is 2.72. The lowest BCUT2D eigenvalue weighted by Crippen LogP contribution is -2.28. The van der Waals surface area contributed by atoms with Gasteiger partial charge in [-0.25, -0.2) is 12.8 Å². The molecule has 1 aliphatic rings. The summed E-state index contributed by atoms with van der Waals surface area (Å²) in [5.41, 5.74) is 2.54. The number of H-pyrrole nitrogens is 1. The molecule has 1 N–H and O–H groups in total. The molecule has 0 amide bonds. The molecule has 1 fully saturated rings. The Balaban J connectivity index is 1.68. The van der Waals surface area contributed by atoms with E-state index in [1.165, 1.54) is 12.1 Å². The number of sulfonamides is 1. The molecule has 0 bridgehead atoms. The topological polar surface area (TPSA) is 53.2 Å². The van der Waals surface area contributed by atoms with Gasteiger partial charge in [0.05, 0.1) is 4.90 Å². The third kappa shape index (κ3) is 2.85. The van der Waals surface area contributed by atoms with Crippen molar-refractivity contribution in [2.45, 2.75) is 18.2 Å². The zero-order valence-corrected chi connectivity index (χ0v) is 14.7. The van der Waals surface area contributed by atoms with Gasteiger partial charge in [-0.05, 0) is 48.2 Å². The Morgan fingerprint density at radius 3 is 2.60 bits per heavy atom. The molecule has 25 heavy (non-hydrogen) atoms. The highest BCUT2D eigenvalue weighted by Gasteiger charge is 2.30. The predicted molar refractivity (Wildman–Crippen MR) is 96.2 cm³/mol. The van der Waals surface area contributed by atoms with Crippen molar-refractivity contribution in [3.8, 4) is 11.1 Å². The molecule has 6 heteroatoms. The molecule has 3 aromatic rings. The molecule has 130 valence electrons. The number of hydrogen-bond acceptors (Lipinski definition) is 2. The van der Waals surface area contributed by atoms with Crippen LogP contribution in [0.1, 0.15) is 13.3 Å². The number of nitrogens with zero attached hydrogens (tertiary/aromatic N) is 1. The monoisotopic (exact) mass is 358 g/mol. The van der Waals surface area contributed by atoms with Gasteiger partial charge in [0.1, 0.15) is 5.82 Å².